The molecule has 1 aromatic carbocycles. The van der Waals surface area contributed by atoms with Crippen molar-refractivity contribution in [1.29, 1.82) is 0 Å². The number of anilines is 1. The van der Waals surface area contributed by atoms with Crippen molar-refractivity contribution in [2.45, 2.75) is 38.6 Å². The molecule has 6 heteroatoms. The Labute approximate surface area is 141 Å². The minimum atomic E-state index is -0.684. The van der Waals surface area contributed by atoms with Crippen LogP contribution in [-0.4, -0.2) is 41.8 Å². The number of para-hydroxylation sites is 1. The van der Waals surface area contributed by atoms with E-state index in [0.29, 0.717) is 23.6 Å². The summed E-state index contributed by atoms with van der Waals surface area (Å²) in [5, 5.41) is 5.50. The van der Waals surface area contributed by atoms with E-state index in [2.05, 4.69) is 17.6 Å². The largest absolute Gasteiger partial charge is 0.342 e. The molecule has 1 saturated heterocycles. The van der Waals surface area contributed by atoms with Crippen molar-refractivity contribution in [1.82, 2.24) is 10.2 Å². The highest BCUT2D eigenvalue weighted by Gasteiger charge is 2.29. The Morgan fingerprint density at radius 2 is 2.08 bits per heavy atom. The molecule has 1 aromatic rings. The fourth-order valence-corrected chi connectivity index (χ4v) is 3.36. The molecule has 0 radical (unpaired) electrons. The van der Waals surface area contributed by atoms with Gasteiger partial charge in [0.05, 0.1) is 11.3 Å². The van der Waals surface area contributed by atoms with Gasteiger partial charge >= 0.3 is 0 Å². The quantitative estimate of drug-likeness (QED) is 0.887. The summed E-state index contributed by atoms with van der Waals surface area (Å²) in [5.41, 5.74) is 0.961. The molecular formula is C18H23N3O3. The second kappa shape index (κ2) is 7.03. The van der Waals surface area contributed by atoms with Crippen LogP contribution in [0.5, 0.6) is 0 Å². The first-order chi connectivity index (χ1) is 11.5. The molecule has 1 fully saturated rings. The zero-order chi connectivity index (χ0) is 17.1. The highest BCUT2D eigenvalue weighted by molar-refractivity contribution is 6.09. The average Bonchev–Trinajstić information content (AvgIpc) is 2.69. The normalized spacial score (nSPS) is 23.8. The number of nitrogens with one attached hydrogen (secondary N) is 2. The van der Waals surface area contributed by atoms with Crippen LogP contribution in [0.4, 0.5) is 5.69 Å². The van der Waals surface area contributed by atoms with E-state index in [0.717, 1.165) is 25.9 Å². The van der Waals surface area contributed by atoms with E-state index in [1.165, 1.54) is 0 Å². The lowest BCUT2D eigenvalue weighted by atomic mass is 9.99. The topological polar surface area (TPSA) is 78.5 Å². The minimum absolute atomic E-state index is 0.0605. The van der Waals surface area contributed by atoms with Gasteiger partial charge in [0, 0.05) is 19.5 Å². The number of amides is 3. The number of carbonyl (C=O) groups excluding carboxylic acids is 3. The van der Waals surface area contributed by atoms with Crippen molar-refractivity contribution < 1.29 is 14.4 Å². The maximum Gasteiger partial charge on any atom is 0.254 e. The van der Waals surface area contributed by atoms with Crippen molar-refractivity contribution in [2.75, 3.05) is 18.4 Å². The minimum Gasteiger partial charge on any atom is -0.342 e. The van der Waals surface area contributed by atoms with Gasteiger partial charge < -0.3 is 15.5 Å². The molecule has 2 N–H and O–H groups in total. The summed E-state index contributed by atoms with van der Waals surface area (Å²) in [6, 6.07) is 6.22. The third-order valence-electron chi connectivity index (χ3n) is 4.71. The molecule has 2 aliphatic heterocycles. The van der Waals surface area contributed by atoms with Gasteiger partial charge in [0.25, 0.3) is 5.91 Å². The number of benzene rings is 1. The summed E-state index contributed by atoms with van der Waals surface area (Å²) in [5.74, 6) is 0.0320. The third-order valence-corrected chi connectivity index (χ3v) is 4.71. The molecule has 6 nitrogen and oxygen atoms in total. The van der Waals surface area contributed by atoms with E-state index >= 15 is 0 Å². The van der Waals surface area contributed by atoms with Crippen LogP contribution < -0.4 is 10.6 Å². The van der Waals surface area contributed by atoms with Gasteiger partial charge in [-0.25, -0.2) is 0 Å². The summed E-state index contributed by atoms with van der Waals surface area (Å²) < 4.78 is 0. The van der Waals surface area contributed by atoms with E-state index in [-0.39, 0.29) is 24.1 Å². The molecule has 0 unspecified atom stereocenters. The predicted molar refractivity (Wildman–Crippen MR) is 90.5 cm³/mol. The van der Waals surface area contributed by atoms with Crippen molar-refractivity contribution in [3.8, 4) is 0 Å². The van der Waals surface area contributed by atoms with Gasteiger partial charge in [-0.05, 0) is 37.3 Å². The van der Waals surface area contributed by atoms with Gasteiger partial charge in [-0.2, -0.15) is 0 Å². The Bertz CT molecular complexity index is 659. The van der Waals surface area contributed by atoms with Crippen molar-refractivity contribution >= 4 is 23.4 Å². The van der Waals surface area contributed by atoms with Crippen LogP contribution in [0.3, 0.4) is 0 Å². The molecule has 0 spiro atoms. The van der Waals surface area contributed by atoms with Crippen LogP contribution in [-0.2, 0) is 9.59 Å². The molecule has 2 atom stereocenters. The summed E-state index contributed by atoms with van der Waals surface area (Å²) in [7, 11) is 0. The lowest BCUT2D eigenvalue weighted by Crippen LogP contribution is -2.43. The SMILES string of the molecule is C[C@@H]1CCCN(C(=O)CC[C@@H]2NC(=O)c3ccccc3NC2=O)C1. The maximum atomic E-state index is 12.4. The molecule has 0 aromatic heterocycles. The summed E-state index contributed by atoms with van der Waals surface area (Å²) >= 11 is 0. The maximum absolute atomic E-state index is 12.4. The standard InChI is InChI=1S/C18H23N3O3/c1-12-5-4-10-21(11-12)16(22)9-8-15-18(24)19-14-7-3-2-6-13(14)17(23)20-15/h2-3,6-7,12,15H,4-5,8-11H2,1H3,(H,19,24)(H,20,23)/t12-,15+/m1/s1. The number of nitrogens with zero attached hydrogens (tertiary/aromatic N) is 1. The summed E-state index contributed by atoms with van der Waals surface area (Å²) in [6.45, 7) is 3.72. The number of likely N-dealkylation sites (tertiary alicyclic amines) is 1. The van der Waals surface area contributed by atoms with Crippen molar-refractivity contribution in [3.63, 3.8) is 0 Å². The first kappa shape index (κ1) is 16.5. The van der Waals surface area contributed by atoms with Gasteiger partial charge in [0.2, 0.25) is 11.8 Å². The second-order valence-electron chi connectivity index (χ2n) is 6.69. The van der Waals surface area contributed by atoms with E-state index in [1.54, 1.807) is 24.3 Å². The number of rotatable bonds is 3. The van der Waals surface area contributed by atoms with Gasteiger partial charge in [-0.1, -0.05) is 19.1 Å². The molecule has 3 amide bonds. The second-order valence-corrected chi connectivity index (χ2v) is 6.69. The fraction of sp³-hybridized carbons (Fsp3) is 0.500. The summed E-state index contributed by atoms with van der Waals surface area (Å²) in [6.07, 6.45) is 2.77. The molecule has 2 heterocycles. The predicted octanol–water partition coefficient (Wildman–Crippen LogP) is 1.78. The molecule has 0 saturated carbocycles. The average molecular weight is 329 g/mol. The Balaban J connectivity index is 1.61. The molecule has 0 bridgehead atoms. The van der Waals surface area contributed by atoms with Crippen LogP contribution in [0.1, 0.15) is 43.0 Å². The number of piperidine rings is 1. The van der Waals surface area contributed by atoms with Crippen LogP contribution in [0.25, 0.3) is 0 Å². The molecule has 24 heavy (non-hydrogen) atoms. The zero-order valence-corrected chi connectivity index (χ0v) is 13.9. The van der Waals surface area contributed by atoms with Gasteiger partial charge in [0.15, 0.2) is 0 Å². The van der Waals surface area contributed by atoms with Crippen LogP contribution in [0, 0.1) is 5.92 Å². The Morgan fingerprint density at radius 1 is 1.29 bits per heavy atom. The zero-order valence-electron chi connectivity index (χ0n) is 13.9. The molecule has 0 aliphatic carbocycles. The van der Waals surface area contributed by atoms with E-state index < -0.39 is 6.04 Å². The molecular weight excluding hydrogens is 306 g/mol. The number of fused-ring (bicyclic) bond motifs is 1. The highest BCUT2D eigenvalue weighted by Crippen LogP contribution is 2.20. The first-order valence-corrected chi connectivity index (χ1v) is 8.53. The van der Waals surface area contributed by atoms with Crippen molar-refractivity contribution in [2.24, 2.45) is 5.92 Å². The lowest BCUT2D eigenvalue weighted by molar-refractivity contribution is -0.133. The van der Waals surface area contributed by atoms with E-state index in [9.17, 15) is 14.4 Å². The number of carbonyl (C=O) groups is 3. The van der Waals surface area contributed by atoms with Crippen LogP contribution in [0.2, 0.25) is 0 Å². The first-order valence-electron chi connectivity index (χ1n) is 8.53. The van der Waals surface area contributed by atoms with Gasteiger partial charge in [-0.3, -0.25) is 14.4 Å². The lowest BCUT2D eigenvalue weighted by Gasteiger charge is -2.31. The Kier molecular flexibility index (Phi) is 4.83. The Morgan fingerprint density at radius 3 is 2.88 bits per heavy atom. The summed E-state index contributed by atoms with van der Waals surface area (Å²) in [4.78, 5) is 38.8. The Hall–Kier alpha value is -2.37. The van der Waals surface area contributed by atoms with Crippen molar-refractivity contribution in [3.05, 3.63) is 29.8 Å². The molecule has 2 aliphatic rings. The molecule has 128 valence electrons. The number of hydrogen-bond acceptors (Lipinski definition) is 3. The smallest absolute Gasteiger partial charge is 0.254 e. The fourth-order valence-electron chi connectivity index (χ4n) is 3.36. The number of hydrogen-bond donors (Lipinski definition) is 2. The third kappa shape index (κ3) is 3.58. The van der Waals surface area contributed by atoms with Crippen LogP contribution in [0.15, 0.2) is 24.3 Å². The monoisotopic (exact) mass is 329 g/mol. The van der Waals surface area contributed by atoms with E-state index in [4.69, 9.17) is 0 Å². The highest BCUT2D eigenvalue weighted by atomic mass is 16.2. The van der Waals surface area contributed by atoms with E-state index in [1.807, 2.05) is 4.90 Å². The molecule has 3 rings (SSSR count). The van der Waals surface area contributed by atoms with Gasteiger partial charge in [-0.15, -0.1) is 0 Å². The van der Waals surface area contributed by atoms with Crippen LogP contribution >= 0.6 is 0 Å². The van der Waals surface area contributed by atoms with Gasteiger partial charge in [0.1, 0.15) is 6.04 Å².